The fraction of sp³-hybridized carbons (Fsp3) is 0.889. The van der Waals surface area contributed by atoms with Crippen molar-refractivity contribution in [2.24, 2.45) is 5.92 Å². The van der Waals surface area contributed by atoms with Crippen LogP contribution in [0.4, 0.5) is 5.95 Å². The summed E-state index contributed by atoms with van der Waals surface area (Å²) in [7, 11) is 0. The van der Waals surface area contributed by atoms with E-state index < -0.39 is 0 Å². The summed E-state index contributed by atoms with van der Waals surface area (Å²) < 4.78 is 13.7. The first-order valence-corrected chi connectivity index (χ1v) is 10.9. The number of anilines is 1. The fourth-order valence-corrected chi connectivity index (χ4v) is 5.21. The topological polar surface area (TPSA) is 52.4 Å². The number of rotatable bonds is 6. The van der Waals surface area contributed by atoms with Crippen molar-refractivity contribution in [2.45, 2.75) is 62.8 Å². The molecule has 1 unspecified atom stereocenters. The summed E-state index contributed by atoms with van der Waals surface area (Å²) in [6, 6.07) is 0. The average molecular weight is 367 g/mol. The molecule has 1 aliphatic carbocycles. The van der Waals surface area contributed by atoms with Gasteiger partial charge in [0, 0.05) is 25.4 Å². The van der Waals surface area contributed by atoms with Crippen LogP contribution in [0.15, 0.2) is 5.16 Å². The highest BCUT2D eigenvalue weighted by molar-refractivity contribution is 7.99. The quantitative estimate of drug-likeness (QED) is 0.722. The molecule has 0 N–H and O–H groups in total. The lowest BCUT2D eigenvalue weighted by Gasteiger charge is -2.28. The van der Waals surface area contributed by atoms with Gasteiger partial charge in [-0.05, 0) is 31.6 Å². The number of thioether (sulfide) groups is 1. The fourth-order valence-electron chi connectivity index (χ4n) is 4.08. The van der Waals surface area contributed by atoms with Crippen LogP contribution in [-0.2, 0) is 16.0 Å². The molecule has 0 radical (unpaired) electrons. The smallest absolute Gasteiger partial charge is 0.228 e. The van der Waals surface area contributed by atoms with E-state index in [0.717, 1.165) is 62.9 Å². The third kappa shape index (κ3) is 4.49. The number of nitrogens with zero attached hydrogens (tertiary/aromatic N) is 4. The number of aromatic nitrogens is 3. The van der Waals surface area contributed by atoms with Gasteiger partial charge in [-0.2, -0.15) is 0 Å². The van der Waals surface area contributed by atoms with Gasteiger partial charge in [-0.3, -0.25) is 4.57 Å². The summed E-state index contributed by atoms with van der Waals surface area (Å²) in [5.74, 6) is 3.02. The molecule has 0 aromatic carbocycles. The van der Waals surface area contributed by atoms with Gasteiger partial charge in [0.25, 0.3) is 0 Å². The number of ether oxygens (including phenoxy) is 2. The van der Waals surface area contributed by atoms with Crippen LogP contribution in [-0.4, -0.2) is 59.5 Å². The normalized spacial score (nSPS) is 25.6. The van der Waals surface area contributed by atoms with Crippen LogP contribution < -0.4 is 4.90 Å². The van der Waals surface area contributed by atoms with Gasteiger partial charge >= 0.3 is 0 Å². The Morgan fingerprint density at radius 1 is 0.960 bits per heavy atom. The van der Waals surface area contributed by atoms with Crippen LogP contribution in [0.2, 0.25) is 0 Å². The number of hydrogen-bond acceptors (Lipinski definition) is 6. The molecular weight excluding hydrogens is 336 g/mol. The molecule has 3 heterocycles. The minimum atomic E-state index is 0.310. The van der Waals surface area contributed by atoms with Gasteiger partial charge < -0.3 is 14.4 Å². The molecule has 0 bridgehead atoms. The highest BCUT2D eigenvalue weighted by Crippen LogP contribution is 2.31. The zero-order valence-electron chi connectivity index (χ0n) is 15.1. The molecule has 0 amide bonds. The third-order valence-electron chi connectivity index (χ3n) is 5.57. The van der Waals surface area contributed by atoms with Crippen molar-refractivity contribution in [1.29, 1.82) is 0 Å². The lowest BCUT2D eigenvalue weighted by molar-refractivity contribution is 0.0942. The van der Waals surface area contributed by atoms with E-state index in [9.17, 15) is 0 Å². The molecule has 1 aromatic heterocycles. The molecule has 7 heteroatoms. The lowest BCUT2D eigenvalue weighted by atomic mass is 9.91. The largest absolute Gasteiger partial charge is 0.378 e. The van der Waals surface area contributed by atoms with Crippen LogP contribution in [0.1, 0.15) is 44.9 Å². The Labute approximate surface area is 154 Å². The molecule has 1 saturated carbocycles. The van der Waals surface area contributed by atoms with Gasteiger partial charge in [-0.15, -0.1) is 10.2 Å². The Morgan fingerprint density at radius 3 is 2.56 bits per heavy atom. The predicted octanol–water partition coefficient (Wildman–Crippen LogP) is 2.97. The zero-order valence-corrected chi connectivity index (χ0v) is 15.9. The summed E-state index contributed by atoms with van der Waals surface area (Å²) in [5, 5.41) is 10.2. The van der Waals surface area contributed by atoms with Gasteiger partial charge in [-0.25, -0.2) is 0 Å². The van der Waals surface area contributed by atoms with E-state index >= 15 is 0 Å². The van der Waals surface area contributed by atoms with E-state index in [1.807, 2.05) is 11.8 Å². The molecule has 140 valence electrons. The first-order chi connectivity index (χ1) is 12.4. The minimum absolute atomic E-state index is 0.310. The molecule has 1 aromatic rings. The molecule has 2 saturated heterocycles. The third-order valence-corrected chi connectivity index (χ3v) is 6.77. The number of hydrogen-bond donors (Lipinski definition) is 0. The Balaban J connectivity index is 1.46. The van der Waals surface area contributed by atoms with Crippen LogP contribution in [0.5, 0.6) is 0 Å². The molecule has 0 spiro atoms. The summed E-state index contributed by atoms with van der Waals surface area (Å²) in [6.07, 6.45) is 9.59. The second-order valence-corrected chi connectivity index (χ2v) is 8.43. The summed E-state index contributed by atoms with van der Waals surface area (Å²) in [4.78, 5) is 2.32. The Bertz CT molecular complexity index is 535. The number of morpholine rings is 1. The summed E-state index contributed by atoms with van der Waals surface area (Å²) in [6.45, 7) is 5.12. The van der Waals surface area contributed by atoms with Crippen molar-refractivity contribution in [3.63, 3.8) is 0 Å². The molecule has 1 atom stereocenters. The Hall–Kier alpha value is -0.790. The van der Waals surface area contributed by atoms with Crippen molar-refractivity contribution >= 4 is 17.7 Å². The van der Waals surface area contributed by atoms with Crippen LogP contribution >= 0.6 is 11.8 Å². The van der Waals surface area contributed by atoms with Gasteiger partial charge in [0.05, 0.1) is 25.9 Å². The van der Waals surface area contributed by atoms with E-state index in [4.69, 9.17) is 9.47 Å². The Kier molecular flexibility index (Phi) is 6.15. The van der Waals surface area contributed by atoms with Crippen LogP contribution in [0.3, 0.4) is 0 Å². The van der Waals surface area contributed by atoms with Crippen molar-refractivity contribution < 1.29 is 9.47 Å². The highest BCUT2D eigenvalue weighted by atomic mass is 32.2. The van der Waals surface area contributed by atoms with Crippen molar-refractivity contribution in [2.75, 3.05) is 43.6 Å². The second kappa shape index (κ2) is 8.73. The van der Waals surface area contributed by atoms with E-state index in [1.54, 1.807) is 0 Å². The second-order valence-electron chi connectivity index (χ2n) is 7.44. The molecule has 3 aliphatic rings. The first kappa shape index (κ1) is 17.6. The predicted molar refractivity (Wildman–Crippen MR) is 99.3 cm³/mol. The molecule has 25 heavy (non-hydrogen) atoms. The maximum atomic E-state index is 5.89. The Morgan fingerprint density at radius 2 is 1.80 bits per heavy atom. The van der Waals surface area contributed by atoms with E-state index in [1.165, 1.54) is 44.3 Å². The SMILES string of the molecule is C1CCC(CSc2nnc(N3CCOCC3)n2CC2CCCO2)CC1. The molecule has 4 rings (SSSR count). The van der Waals surface area contributed by atoms with Gasteiger partial charge in [0.15, 0.2) is 5.16 Å². The monoisotopic (exact) mass is 366 g/mol. The highest BCUT2D eigenvalue weighted by Gasteiger charge is 2.25. The van der Waals surface area contributed by atoms with Gasteiger partial charge in [0.1, 0.15) is 0 Å². The van der Waals surface area contributed by atoms with Crippen LogP contribution in [0.25, 0.3) is 0 Å². The standard InChI is InChI=1S/C18H30N4O2S/c1-2-5-15(6-3-1)14-25-18-20-19-17(21-8-11-23-12-9-21)22(18)13-16-7-4-10-24-16/h15-16H,1-14H2. The zero-order chi connectivity index (χ0) is 16.9. The average Bonchev–Trinajstić information content (AvgIpc) is 3.32. The summed E-state index contributed by atoms with van der Waals surface area (Å²) >= 11 is 1.90. The molecule has 2 aliphatic heterocycles. The van der Waals surface area contributed by atoms with Crippen LogP contribution in [0, 0.1) is 5.92 Å². The molecular formula is C18H30N4O2S. The van der Waals surface area contributed by atoms with E-state index in [0.29, 0.717) is 6.10 Å². The summed E-state index contributed by atoms with van der Waals surface area (Å²) in [5.41, 5.74) is 0. The minimum Gasteiger partial charge on any atom is -0.378 e. The first-order valence-electron chi connectivity index (χ1n) is 9.90. The van der Waals surface area contributed by atoms with Crippen molar-refractivity contribution in [1.82, 2.24) is 14.8 Å². The maximum absolute atomic E-state index is 5.89. The van der Waals surface area contributed by atoms with Gasteiger partial charge in [0.2, 0.25) is 5.95 Å². The lowest BCUT2D eigenvalue weighted by Crippen LogP contribution is -2.38. The van der Waals surface area contributed by atoms with Gasteiger partial charge in [-0.1, -0.05) is 31.0 Å². The van der Waals surface area contributed by atoms with Crippen molar-refractivity contribution in [3.05, 3.63) is 0 Å². The van der Waals surface area contributed by atoms with E-state index in [2.05, 4.69) is 19.7 Å². The maximum Gasteiger partial charge on any atom is 0.228 e. The van der Waals surface area contributed by atoms with E-state index in [-0.39, 0.29) is 0 Å². The van der Waals surface area contributed by atoms with Crippen molar-refractivity contribution in [3.8, 4) is 0 Å². The molecule has 3 fully saturated rings. The molecule has 6 nitrogen and oxygen atoms in total.